The van der Waals surface area contributed by atoms with Crippen molar-refractivity contribution in [2.75, 3.05) is 0 Å². The summed E-state index contributed by atoms with van der Waals surface area (Å²) in [5, 5.41) is 7.48. The fourth-order valence-corrected chi connectivity index (χ4v) is 1.31. The van der Waals surface area contributed by atoms with E-state index in [1.54, 1.807) is 6.92 Å². The van der Waals surface area contributed by atoms with Crippen LogP contribution in [0.3, 0.4) is 0 Å². The molecule has 6 heteroatoms. The summed E-state index contributed by atoms with van der Waals surface area (Å²) in [6.07, 6.45) is 0. The minimum absolute atomic E-state index is 0.229. The summed E-state index contributed by atoms with van der Waals surface area (Å²) in [7, 11) is 0. The van der Waals surface area contributed by atoms with E-state index in [0.717, 1.165) is 11.3 Å². The summed E-state index contributed by atoms with van der Waals surface area (Å²) in [5.74, 6) is 1.75. The van der Waals surface area contributed by atoms with Gasteiger partial charge in [-0.2, -0.15) is 4.98 Å². The van der Waals surface area contributed by atoms with E-state index < -0.39 is 0 Å². The van der Waals surface area contributed by atoms with E-state index in [1.165, 1.54) is 0 Å². The van der Waals surface area contributed by atoms with Gasteiger partial charge in [-0.3, -0.25) is 0 Å². The number of hydrogen-bond acceptors (Lipinski definition) is 5. The van der Waals surface area contributed by atoms with Crippen LogP contribution in [0.2, 0.25) is 0 Å². The van der Waals surface area contributed by atoms with E-state index in [2.05, 4.69) is 15.3 Å². The van der Waals surface area contributed by atoms with Crippen LogP contribution < -0.4 is 0 Å². The van der Waals surface area contributed by atoms with Crippen molar-refractivity contribution in [3.63, 3.8) is 0 Å². The number of aryl methyl sites for hydroxylation is 2. The summed E-state index contributed by atoms with van der Waals surface area (Å²) < 4.78 is 10.00. The molecule has 14 heavy (non-hydrogen) atoms. The van der Waals surface area contributed by atoms with Crippen LogP contribution in [-0.4, -0.2) is 15.3 Å². The minimum Gasteiger partial charge on any atom is -0.361 e. The number of halogens is 1. The fourth-order valence-electron chi connectivity index (χ4n) is 1.20. The van der Waals surface area contributed by atoms with Crippen LogP contribution in [0.25, 0.3) is 11.5 Å². The Bertz CT molecular complexity index is 430. The van der Waals surface area contributed by atoms with Crippen LogP contribution in [0.15, 0.2) is 9.05 Å². The third kappa shape index (κ3) is 1.39. The first-order valence-electron chi connectivity index (χ1n) is 4.04. The zero-order chi connectivity index (χ0) is 10.1. The van der Waals surface area contributed by atoms with E-state index in [-0.39, 0.29) is 5.88 Å². The van der Waals surface area contributed by atoms with Gasteiger partial charge in [0.15, 0.2) is 5.82 Å². The molecule has 5 nitrogen and oxygen atoms in total. The lowest BCUT2D eigenvalue weighted by molar-refractivity contribution is 0.392. The molecule has 74 valence electrons. The van der Waals surface area contributed by atoms with E-state index in [1.807, 2.05) is 6.92 Å². The Kier molecular flexibility index (Phi) is 2.25. The maximum absolute atomic E-state index is 5.56. The van der Waals surface area contributed by atoms with Crippen molar-refractivity contribution in [3.05, 3.63) is 17.3 Å². The Morgan fingerprint density at radius 2 is 2.00 bits per heavy atom. The Labute approximate surface area is 85.0 Å². The third-order valence-corrected chi connectivity index (χ3v) is 2.07. The number of alkyl halides is 1. The second-order valence-corrected chi connectivity index (χ2v) is 3.12. The van der Waals surface area contributed by atoms with Gasteiger partial charge in [0.05, 0.1) is 11.6 Å². The molecular weight excluding hydrogens is 206 g/mol. The molecule has 0 bridgehead atoms. The van der Waals surface area contributed by atoms with Crippen molar-refractivity contribution >= 4 is 11.6 Å². The Hall–Kier alpha value is -1.36. The normalized spacial score (nSPS) is 10.8. The van der Waals surface area contributed by atoms with E-state index in [9.17, 15) is 0 Å². The zero-order valence-corrected chi connectivity index (χ0v) is 8.50. The van der Waals surface area contributed by atoms with Crippen molar-refractivity contribution in [3.8, 4) is 11.5 Å². The van der Waals surface area contributed by atoms with Gasteiger partial charge in [0.1, 0.15) is 11.3 Å². The maximum Gasteiger partial charge on any atom is 0.263 e. The highest BCUT2D eigenvalue weighted by atomic mass is 35.5. The molecule has 0 amide bonds. The number of rotatable bonds is 2. The molecule has 0 aliphatic rings. The largest absolute Gasteiger partial charge is 0.361 e. The lowest BCUT2D eigenvalue weighted by Gasteiger charge is -1.88. The summed E-state index contributed by atoms with van der Waals surface area (Å²) in [6.45, 7) is 3.61. The van der Waals surface area contributed by atoms with Crippen molar-refractivity contribution < 1.29 is 9.05 Å². The van der Waals surface area contributed by atoms with E-state index >= 15 is 0 Å². The van der Waals surface area contributed by atoms with Gasteiger partial charge in [0.25, 0.3) is 5.89 Å². The molecule has 2 rings (SSSR count). The van der Waals surface area contributed by atoms with Gasteiger partial charge in [-0.05, 0) is 13.8 Å². The van der Waals surface area contributed by atoms with Crippen LogP contribution in [0.5, 0.6) is 0 Å². The summed E-state index contributed by atoms with van der Waals surface area (Å²) >= 11 is 5.56. The molecule has 0 aromatic carbocycles. The lowest BCUT2D eigenvalue weighted by atomic mass is 10.2. The molecule has 0 fully saturated rings. The molecule has 0 saturated heterocycles. The molecule has 0 atom stereocenters. The highest BCUT2D eigenvalue weighted by Crippen LogP contribution is 2.24. The highest BCUT2D eigenvalue weighted by molar-refractivity contribution is 6.16. The standard InChI is InChI=1S/C8H8ClN3O2/c1-4-7(5(2)13-11-4)8-10-6(3-9)12-14-8/h3H2,1-2H3. The number of hydrogen-bond donors (Lipinski definition) is 0. The van der Waals surface area contributed by atoms with Crippen molar-refractivity contribution in [2.45, 2.75) is 19.7 Å². The first-order valence-corrected chi connectivity index (χ1v) is 4.57. The van der Waals surface area contributed by atoms with Gasteiger partial charge in [0.2, 0.25) is 0 Å². The van der Waals surface area contributed by atoms with Gasteiger partial charge in [-0.15, -0.1) is 11.6 Å². The van der Waals surface area contributed by atoms with Gasteiger partial charge in [0, 0.05) is 0 Å². The fraction of sp³-hybridized carbons (Fsp3) is 0.375. The SMILES string of the molecule is Cc1noc(C)c1-c1nc(CCl)no1. The number of aromatic nitrogens is 3. The van der Waals surface area contributed by atoms with Gasteiger partial charge in [-0.1, -0.05) is 10.3 Å². The van der Waals surface area contributed by atoms with Crippen molar-refractivity contribution in [1.29, 1.82) is 0 Å². The predicted molar refractivity (Wildman–Crippen MR) is 48.8 cm³/mol. The molecule has 2 heterocycles. The van der Waals surface area contributed by atoms with Crippen LogP contribution in [-0.2, 0) is 5.88 Å². The monoisotopic (exact) mass is 213 g/mol. The second-order valence-electron chi connectivity index (χ2n) is 2.85. The zero-order valence-electron chi connectivity index (χ0n) is 7.74. The Balaban J connectivity index is 2.48. The summed E-state index contributed by atoms with van der Waals surface area (Å²) in [5.41, 5.74) is 1.47. The molecular formula is C8H8ClN3O2. The molecule has 0 unspecified atom stereocenters. The Morgan fingerprint density at radius 3 is 2.50 bits per heavy atom. The molecule has 0 radical (unpaired) electrons. The smallest absolute Gasteiger partial charge is 0.263 e. The average Bonchev–Trinajstić information content (AvgIpc) is 2.73. The lowest BCUT2D eigenvalue weighted by Crippen LogP contribution is -1.83. The Morgan fingerprint density at radius 1 is 1.21 bits per heavy atom. The van der Waals surface area contributed by atoms with Gasteiger partial charge in [-0.25, -0.2) is 0 Å². The van der Waals surface area contributed by atoms with E-state index in [0.29, 0.717) is 17.5 Å². The molecule has 2 aromatic rings. The highest BCUT2D eigenvalue weighted by Gasteiger charge is 2.17. The van der Waals surface area contributed by atoms with Crippen molar-refractivity contribution in [2.24, 2.45) is 0 Å². The van der Waals surface area contributed by atoms with Crippen LogP contribution in [0, 0.1) is 13.8 Å². The van der Waals surface area contributed by atoms with Gasteiger partial charge >= 0.3 is 0 Å². The van der Waals surface area contributed by atoms with Gasteiger partial charge < -0.3 is 9.05 Å². The average molecular weight is 214 g/mol. The first kappa shape index (κ1) is 9.21. The maximum atomic E-state index is 5.56. The number of nitrogens with zero attached hydrogens (tertiary/aromatic N) is 3. The molecule has 0 spiro atoms. The molecule has 0 aliphatic carbocycles. The first-order chi connectivity index (χ1) is 6.72. The topological polar surface area (TPSA) is 65.0 Å². The summed E-state index contributed by atoms with van der Waals surface area (Å²) in [4.78, 5) is 4.08. The minimum atomic E-state index is 0.229. The van der Waals surface area contributed by atoms with Crippen LogP contribution in [0.1, 0.15) is 17.3 Å². The molecule has 2 aromatic heterocycles. The van der Waals surface area contributed by atoms with Crippen LogP contribution >= 0.6 is 11.6 Å². The van der Waals surface area contributed by atoms with Crippen LogP contribution in [0.4, 0.5) is 0 Å². The van der Waals surface area contributed by atoms with E-state index in [4.69, 9.17) is 20.6 Å². The molecule has 0 N–H and O–H groups in total. The van der Waals surface area contributed by atoms with Crippen molar-refractivity contribution in [1.82, 2.24) is 15.3 Å². The third-order valence-electron chi connectivity index (χ3n) is 1.83. The second kappa shape index (κ2) is 3.42. The predicted octanol–water partition coefficient (Wildman–Crippen LogP) is 2.08. The molecule has 0 aliphatic heterocycles. The molecule has 0 saturated carbocycles. The quantitative estimate of drug-likeness (QED) is 0.715. The summed E-state index contributed by atoms with van der Waals surface area (Å²) in [6, 6.07) is 0.